The molecule has 1 aliphatic heterocycles. The topological polar surface area (TPSA) is 65.8 Å². The molecule has 1 fully saturated rings. The maximum absolute atomic E-state index is 12.4. The van der Waals surface area contributed by atoms with Gasteiger partial charge in [0.25, 0.3) is 0 Å². The number of pyridine rings is 1. The Morgan fingerprint density at radius 2 is 2.24 bits per heavy atom. The Kier molecular flexibility index (Phi) is 3.50. The molecular formula is C14H20N6O. The third kappa shape index (κ3) is 2.44. The van der Waals surface area contributed by atoms with Crippen molar-refractivity contribution in [3.63, 3.8) is 0 Å². The second-order valence-electron chi connectivity index (χ2n) is 5.57. The normalized spacial score (nSPS) is 19.0. The van der Waals surface area contributed by atoms with Crippen molar-refractivity contribution in [3.8, 4) is 0 Å². The van der Waals surface area contributed by atoms with Crippen LogP contribution in [-0.4, -0.2) is 65.2 Å². The third-order valence-corrected chi connectivity index (χ3v) is 3.77. The van der Waals surface area contributed by atoms with Gasteiger partial charge < -0.3 is 15.1 Å². The molecule has 112 valence electrons. The molecule has 1 amide bonds. The highest BCUT2D eigenvalue weighted by atomic mass is 16.2. The van der Waals surface area contributed by atoms with Gasteiger partial charge in [-0.25, -0.2) is 4.98 Å². The maximum atomic E-state index is 12.4. The van der Waals surface area contributed by atoms with Gasteiger partial charge in [-0.15, -0.1) is 0 Å². The van der Waals surface area contributed by atoms with Gasteiger partial charge in [-0.3, -0.25) is 4.79 Å². The third-order valence-electron chi connectivity index (χ3n) is 3.77. The Morgan fingerprint density at radius 1 is 1.43 bits per heavy atom. The number of piperazine rings is 1. The van der Waals surface area contributed by atoms with Gasteiger partial charge in [-0.1, -0.05) is 0 Å². The summed E-state index contributed by atoms with van der Waals surface area (Å²) in [6.07, 6.45) is 1.54. The number of nitrogens with zero attached hydrogens (tertiary/aromatic N) is 5. The zero-order chi connectivity index (χ0) is 15.0. The molecule has 3 rings (SSSR count). The summed E-state index contributed by atoms with van der Waals surface area (Å²) in [4.78, 5) is 20.5. The number of likely N-dealkylation sites (N-methyl/N-ethyl adjacent to an activating group) is 1. The summed E-state index contributed by atoms with van der Waals surface area (Å²) >= 11 is 0. The van der Waals surface area contributed by atoms with Gasteiger partial charge in [0.15, 0.2) is 5.65 Å². The van der Waals surface area contributed by atoms with E-state index >= 15 is 0 Å². The van der Waals surface area contributed by atoms with Gasteiger partial charge in [0.05, 0.1) is 0 Å². The number of anilines is 1. The number of amides is 1. The molecule has 7 heteroatoms. The van der Waals surface area contributed by atoms with Crippen LogP contribution in [0, 0.1) is 6.92 Å². The lowest BCUT2D eigenvalue weighted by atomic mass is 10.1. The molecule has 2 aromatic heterocycles. The number of rotatable bonds is 2. The van der Waals surface area contributed by atoms with Gasteiger partial charge >= 0.3 is 0 Å². The second-order valence-corrected chi connectivity index (χ2v) is 5.57. The predicted molar refractivity (Wildman–Crippen MR) is 80.4 cm³/mol. The summed E-state index contributed by atoms with van der Waals surface area (Å²) < 4.78 is 1.80. The Bertz CT molecular complexity index is 665. The van der Waals surface area contributed by atoms with Gasteiger partial charge in [-0.2, -0.15) is 9.61 Å². The lowest BCUT2D eigenvalue weighted by molar-refractivity contribution is -0.130. The first-order valence-corrected chi connectivity index (χ1v) is 7.07. The van der Waals surface area contributed by atoms with E-state index in [1.54, 1.807) is 29.8 Å². The van der Waals surface area contributed by atoms with Crippen LogP contribution >= 0.6 is 0 Å². The minimum Gasteiger partial charge on any atom is -0.347 e. The van der Waals surface area contributed by atoms with E-state index in [1.165, 1.54) is 0 Å². The number of carbonyl (C=O) groups is 1. The molecular weight excluding hydrogens is 268 g/mol. The quantitative estimate of drug-likeness (QED) is 0.836. The molecule has 7 nitrogen and oxygen atoms in total. The highest BCUT2D eigenvalue weighted by Gasteiger charge is 2.31. The van der Waals surface area contributed by atoms with Gasteiger partial charge in [0, 0.05) is 33.7 Å². The molecule has 0 bridgehead atoms. The summed E-state index contributed by atoms with van der Waals surface area (Å²) in [5.74, 6) is 1.01. The van der Waals surface area contributed by atoms with Crippen molar-refractivity contribution in [2.45, 2.75) is 13.0 Å². The number of aryl methyl sites for hydroxylation is 1. The van der Waals surface area contributed by atoms with Crippen LogP contribution in [0.3, 0.4) is 0 Å². The number of nitrogens with one attached hydrogen (secondary N) is 1. The largest absolute Gasteiger partial charge is 0.347 e. The number of carbonyl (C=O) groups excluding carboxylic acids is 1. The number of hydrogen-bond donors (Lipinski definition) is 1. The minimum atomic E-state index is -0.219. The van der Waals surface area contributed by atoms with Crippen molar-refractivity contribution in [2.75, 3.05) is 38.6 Å². The summed E-state index contributed by atoms with van der Waals surface area (Å²) in [7, 11) is 3.58. The molecule has 0 aliphatic carbocycles. The van der Waals surface area contributed by atoms with Crippen molar-refractivity contribution >= 4 is 17.4 Å². The fourth-order valence-electron chi connectivity index (χ4n) is 2.74. The van der Waals surface area contributed by atoms with Crippen LogP contribution in [0.2, 0.25) is 0 Å². The fraction of sp³-hybridized carbons (Fsp3) is 0.500. The van der Waals surface area contributed by atoms with E-state index in [2.05, 4.69) is 26.4 Å². The average molecular weight is 288 g/mol. The Hall–Kier alpha value is -2.15. The maximum Gasteiger partial charge on any atom is 0.246 e. The molecule has 1 N–H and O–H groups in total. The molecule has 1 saturated heterocycles. The van der Waals surface area contributed by atoms with E-state index in [1.807, 2.05) is 13.0 Å². The molecule has 2 aromatic rings. The number of hydrogen-bond acceptors (Lipinski definition) is 5. The van der Waals surface area contributed by atoms with Crippen LogP contribution in [0.5, 0.6) is 0 Å². The first-order valence-electron chi connectivity index (χ1n) is 7.07. The van der Waals surface area contributed by atoms with Crippen molar-refractivity contribution in [3.05, 3.63) is 24.0 Å². The molecule has 1 unspecified atom stereocenters. The Morgan fingerprint density at radius 3 is 3.00 bits per heavy atom. The summed E-state index contributed by atoms with van der Waals surface area (Å²) in [6, 6.07) is 3.83. The number of aromatic nitrogens is 3. The zero-order valence-corrected chi connectivity index (χ0v) is 12.6. The van der Waals surface area contributed by atoms with E-state index in [9.17, 15) is 4.79 Å². The van der Waals surface area contributed by atoms with Crippen molar-refractivity contribution in [2.24, 2.45) is 0 Å². The number of fused-ring (bicyclic) bond motifs is 1. The van der Waals surface area contributed by atoms with Gasteiger partial charge in [0.2, 0.25) is 5.91 Å². The van der Waals surface area contributed by atoms with Gasteiger partial charge in [-0.05, 0) is 24.6 Å². The predicted octanol–water partition coefficient (Wildman–Crippen LogP) is -0.0959. The zero-order valence-electron chi connectivity index (χ0n) is 12.6. The summed E-state index contributed by atoms with van der Waals surface area (Å²) in [6.45, 7) is 4.29. The SMILES string of the molecule is Cc1cc(N2CCNCC2C(=O)N(C)C)n2ncnc2c1. The first-order chi connectivity index (χ1) is 10.1. The standard InChI is InChI=1S/C14H20N6O/c1-10-6-12-16-9-17-20(12)13(7-10)19-5-4-15-8-11(19)14(21)18(2)3/h6-7,9,11,15H,4-5,8H2,1-3H3. The van der Waals surface area contributed by atoms with Crippen LogP contribution in [0.4, 0.5) is 5.82 Å². The minimum absolute atomic E-state index is 0.0944. The lowest BCUT2D eigenvalue weighted by Gasteiger charge is -2.38. The molecule has 0 aromatic carbocycles. The van der Waals surface area contributed by atoms with E-state index in [4.69, 9.17) is 0 Å². The van der Waals surface area contributed by atoms with Crippen molar-refractivity contribution < 1.29 is 4.79 Å². The second kappa shape index (κ2) is 5.33. The van der Waals surface area contributed by atoms with Gasteiger partial charge in [0.1, 0.15) is 18.2 Å². The van der Waals surface area contributed by atoms with E-state index < -0.39 is 0 Å². The average Bonchev–Trinajstić information content (AvgIpc) is 2.93. The van der Waals surface area contributed by atoms with Crippen molar-refractivity contribution in [1.82, 2.24) is 24.8 Å². The smallest absolute Gasteiger partial charge is 0.246 e. The van der Waals surface area contributed by atoms with Crippen LogP contribution in [0.15, 0.2) is 18.5 Å². The van der Waals surface area contributed by atoms with E-state index in [0.29, 0.717) is 6.54 Å². The Labute approximate surface area is 123 Å². The summed E-state index contributed by atoms with van der Waals surface area (Å²) in [5, 5.41) is 7.58. The van der Waals surface area contributed by atoms with E-state index in [0.717, 1.165) is 30.1 Å². The fourth-order valence-corrected chi connectivity index (χ4v) is 2.74. The molecule has 0 saturated carbocycles. The molecule has 0 radical (unpaired) electrons. The van der Waals surface area contributed by atoms with Crippen LogP contribution in [0.1, 0.15) is 5.56 Å². The van der Waals surface area contributed by atoms with Crippen LogP contribution < -0.4 is 10.2 Å². The van der Waals surface area contributed by atoms with Crippen molar-refractivity contribution in [1.29, 1.82) is 0 Å². The highest BCUT2D eigenvalue weighted by Crippen LogP contribution is 2.21. The molecule has 1 aliphatic rings. The highest BCUT2D eigenvalue weighted by molar-refractivity contribution is 5.85. The molecule has 3 heterocycles. The molecule has 0 spiro atoms. The molecule has 1 atom stereocenters. The van der Waals surface area contributed by atoms with Crippen LogP contribution in [-0.2, 0) is 4.79 Å². The molecule has 21 heavy (non-hydrogen) atoms. The summed E-state index contributed by atoms with van der Waals surface area (Å²) in [5.41, 5.74) is 1.92. The van der Waals surface area contributed by atoms with Crippen LogP contribution in [0.25, 0.3) is 5.65 Å². The lowest BCUT2D eigenvalue weighted by Crippen LogP contribution is -2.58. The first kappa shape index (κ1) is 13.8. The van der Waals surface area contributed by atoms with E-state index in [-0.39, 0.29) is 11.9 Å². The monoisotopic (exact) mass is 288 g/mol. The Balaban J connectivity index is 2.06.